The molecule has 1 aromatic carbocycles. The number of benzene rings is 1. The quantitative estimate of drug-likeness (QED) is 0.703. The Balaban J connectivity index is 2.86. The zero-order valence-corrected chi connectivity index (χ0v) is 8.40. The SMILES string of the molecule is CCOC(=O)c1ccccc1OCC#N. The highest BCUT2D eigenvalue weighted by atomic mass is 16.5. The molecule has 0 spiro atoms. The van der Waals surface area contributed by atoms with E-state index in [1.807, 2.05) is 6.07 Å². The van der Waals surface area contributed by atoms with Gasteiger partial charge in [0, 0.05) is 0 Å². The van der Waals surface area contributed by atoms with Gasteiger partial charge in [-0.15, -0.1) is 0 Å². The lowest BCUT2D eigenvalue weighted by molar-refractivity contribution is 0.0522. The molecule has 0 radical (unpaired) electrons. The zero-order valence-electron chi connectivity index (χ0n) is 8.40. The van der Waals surface area contributed by atoms with Crippen LogP contribution in [-0.4, -0.2) is 19.2 Å². The van der Waals surface area contributed by atoms with Crippen LogP contribution >= 0.6 is 0 Å². The number of hydrogen-bond donors (Lipinski definition) is 0. The first-order valence-corrected chi connectivity index (χ1v) is 4.55. The maximum atomic E-state index is 11.4. The van der Waals surface area contributed by atoms with Gasteiger partial charge in [0.15, 0.2) is 6.61 Å². The molecule has 1 aromatic rings. The van der Waals surface area contributed by atoms with Gasteiger partial charge in [-0.05, 0) is 19.1 Å². The van der Waals surface area contributed by atoms with Crippen LogP contribution in [-0.2, 0) is 4.74 Å². The summed E-state index contributed by atoms with van der Waals surface area (Å²) in [7, 11) is 0. The van der Waals surface area contributed by atoms with E-state index in [0.717, 1.165) is 0 Å². The third kappa shape index (κ3) is 2.99. The van der Waals surface area contributed by atoms with Crippen LogP contribution in [0.2, 0.25) is 0 Å². The average Bonchev–Trinajstić information content (AvgIpc) is 2.27. The first kappa shape index (κ1) is 11.1. The molecule has 0 bridgehead atoms. The molecule has 4 nitrogen and oxygen atoms in total. The number of carbonyl (C=O) groups is 1. The van der Waals surface area contributed by atoms with Crippen molar-refractivity contribution >= 4 is 5.97 Å². The van der Waals surface area contributed by atoms with Crippen molar-refractivity contribution in [2.75, 3.05) is 13.2 Å². The average molecular weight is 205 g/mol. The van der Waals surface area contributed by atoms with Gasteiger partial charge < -0.3 is 9.47 Å². The minimum absolute atomic E-state index is 0.0869. The number of carbonyl (C=O) groups excluding carboxylic acids is 1. The number of para-hydroxylation sites is 1. The molecule has 0 aliphatic heterocycles. The van der Waals surface area contributed by atoms with E-state index in [-0.39, 0.29) is 6.61 Å². The second-order valence-electron chi connectivity index (χ2n) is 2.66. The largest absolute Gasteiger partial charge is 0.478 e. The molecule has 15 heavy (non-hydrogen) atoms. The molecule has 0 saturated carbocycles. The second kappa shape index (κ2) is 5.66. The number of hydrogen-bond acceptors (Lipinski definition) is 4. The molecular weight excluding hydrogens is 194 g/mol. The summed E-state index contributed by atoms with van der Waals surface area (Å²) in [5, 5.41) is 8.37. The minimum atomic E-state index is -0.439. The monoisotopic (exact) mass is 205 g/mol. The molecule has 0 saturated heterocycles. The molecule has 1 rings (SSSR count). The maximum Gasteiger partial charge on any atom is 0.341 e. The van der Waals surface area contributed by atoms with E-state index in [9.17, 15) is 4.79 Å². The molecule has 0 fully saturated rings. The Morgan fingerprint density at radius 1 is 1.47 bits per heavy atom. The molecule has 0 aliphatic carbocycles. The fourth-order valence-electron chi connectivity index (χ4n) is 1.08. The smallest absolute Gasteiger partial charge is 0.341 e. The number of nitriles is 1. The third-order valence-electron chi connectivity index (χ3n) is 1.67. The Labute approximate surface area is 88.0 Å². The van der Waals surface area contributed by atoms with Gasteiger partial charge in [-0.1, -0.05) is 12.1 Å². The summed E-state index contributed by atoms with van der Waals surface area (Å²) in [5.74, 6) is -0.0662. The van der Waals surface area contributed by atoms with Crippen molar-refractivity contribution in [2.24, 2.45) is 0 Å². The highest BCUT2D eigenvalue weighted by Crippen LogP contribution is 2.18. The van der Waals surface area contributed by atoms with E-state index < -0.39 is 5.97 Å². The highest BCUT2D eigenvalue weighted by molar-refractivity contribution is 5.92. The van der Waals surface area contributed by atoms with Gasteiger partial charge in [-0.25, -0.2) is 4.79 Å². The molecule has 78 valence electrons. The number of ether oxygens (including phenoxy) is 2. The standard InChI is InChI=1S/C11H11NO3/c1-2-14-11(13)9-5-3-4-6-10(9)15-8-7-12/h3-6H,2,8H2,1H3. The molecular formula is C11H11NO3. The summed E-state index contributed by atoms with van der Waals surface area (Å²) in [5.41, 5.74) is 0.342. The van der Waals surface area contributed by atoms with Gasteiger partial charge in [0.1, 0.15) is 17.4 Å². The fourth-order valence-corrected chi connectivity index (χ4v) is 1.08. The van der Waals surface area contributed by atoms with E-state index in [2.05, 4.69) is 0 Å². The number of nitrogens with zero attached hydrogens (tertiary/aromatic N) is 1. The van der Waals surface area contributed by atoms with Crippen molar-refractivity contribution in [3.05, 3.63) is 29.8 Å². The van der Waals surface area contributed by atoms with E-state index in [1.54, 1.807) is 31.2 Å². The molecule has 0 N–H and O–H groups in total. The van der Waals surface area contributed by atoms with Crippen LogP contribution < -0.4 is 4.74 Å². The van der Waals surface area contributed by atoms with E-state index in [4.69, 9.17) is 14.7 Å². The zero-order chi connectivity index (χ0) is 11.1. The topological polar surface area (TPSA) is 59.3 Å². The summed E-state index contributed by atoms with van der Waals surface area (Å²) in [6, 6.07) is 8.52. The van der Waals surface area contributed by atoms with Gasteiger partial charge in [0.05, 0.1) is 6.61 Å². The molecule has 0 unspecified atom stereocenters. The van der Waals surface area contributed by atoms with Crippen LogP contribution in [0.1, 0.15) is 17.3 Å². The Bertz CT molecular complexity index is 382. The minimum Gasteiger partial charge on any atom is -0.478 e. The summed E-state index contributed by atoms with van der Waals surface area (Å²) in [6.45, 7) is 1.96. The normalized spacial score (nSPS) is 9.07. The van der Waals surface area contributed by atoms with Gasteiger partial charge >= 0.3 is 5.97 Å². The summed E-state index contributed by atoms with van der Waals surface area (Å²) in [6.07, 6.45) is 0. The van der Waals surface area contributed by atoms with Gasteiger partial charge in [0.25, 0.3) is 0 Å². The van der Waals surface area contributed by atoms with Gasteiger partial charge in [-0.3, -0.25) is 0 Å². The van der Waals surface area contributed by atoms with Crippen LogP contribution in [0.3, 0.4) is 0 Å². The van der Waals surface area contributed by atoms with E-state index in [0.29, 0.717) is 17.9 Å². The Kier molecular flexibility index (Phi) is 4.17. The molecule has 0 aromatic heterocycles. The van der Waals surface area contributed by atoms with Crippen molar-refractivity contribution < 1.29 is 14.3 Å². The van der Waals surface area contributed by atoms with Crippen molar-refractivity contribution in [3.63, 3.8) is 0 Å². The lowest BCUT2D eigenvalue weighted by Crippen LogP contribution is -2.07. The summed E-state index contributed by atoms with van der Waals surface area (Å²) >= 11 is 0. The van der Waals surface area contributed by atoms with Crippen LogP contribution in [0.5, 0.6) is 5.75 Å². The lowest BCUT2D eigenvalue weighted by atomic mass is 10.2. The molecule has 0 aliphatic rings. The summed E-state index contributed by atoms with van der Waals surface area (Å²) in [4.78, 5) is 11.4. The van der Waals surface area contributed by atoms with E-state index in [1.165, 1.54) is 0 Å². The highest BCUT2D eigenvalue weighted by Gasteiger charge is 2.12. The maximum absolute atomic E-state index is 11.4. The first-order valence-electron chi connectivity index (χ1n) is 4.55. The van der Waals surface area contributed by atoms with Crippen LogP contribution in [0.25, 0.3) is 0 Å². The molecule has 4 heteroatoms. The molecule has 0 amide bonds. The van der Waals surface area contributed by atoms with E-state index >= 15 is 0 Å². The van der Waals surface area contributed by atoms with Crippen LogP contribution in [0, 0.1) is 11.3 Å². The van der Waals surface area contributed by atoms with Gasteiger partial charge in [-0.2, -0.15) is 5.26 Å². The van der Waals surface area contributed by atoms with Crippen molar-refractivity contribution in [1.82, 2.24) is 0 Å². The number of rotatable bonds is 4. The summed E-state index contributed by atoms with van der Waals surface area (Å²) < 4.78 is 9.94. The predicted molar refractivity (Wildman–Crippen MR) is 53.5 cm³/mol. The van der Waals surface area contributed by atoms with Crippen molar-refractivity contribution in [2.45, 2.75) is 6.92 Å². The molecule has 0 atom stereocenters. The Morgan fingerprint density at radius 3 is 2.87 bits per heavy atom. The second-order valence-corrected chi connectivity index (χ2v) is 2.66. The van der Waals surface area contributed by atoms with Crippen molar-refractivity contribution in [3.8, 4) is 11.8 Å². The van der Waals surface area contributed by atoms with Crippen LogP contribution in [0.4, 0.5) is 0 Å². The van der Waals surface area contributed by atoms with Gasteiger partial charge in [0.2, 0.25) is 0 Å². The fraction of sp³-hybridized carbons (Fsp3) is 0.273. The number of esters is 1. The first-order chi connectivity index (χ1) is 7.29. The van der Waals surface area contributed by atoms with Crippen LogP contribution in [0.15, 0.2) is 24.3 Å². The van der Waals surface area contributed by atoms with Crippen molar-refractivity contribution in [1.29, 1.82) is 5.26 Å². The Morgan fingerprint density at radius 2 is 2.20 bits per heavy atom. The lowest BCUT2D eigenvalue weighted by Gasteiger charge is -2.07. The third-order valence-corrected chi connectivity index (χ3v) is 1.67. The predicted octanol–water partition coefficient (Wildman–Crippen LogP) is 1.77. The molecule has 0 heterocycles. The Hall–Kier alpha value is -2.02.